The predicted octanol–water partition coefficient (Wildman–Crippen LogP) is 2.11. The lowest BCUT2D eigenvalue weighted by atomic mass is 9.95. The molecule has 0 aliphatic heterocycles. The number of aliphatic hydroxyl groups excluding tert-OH is 1. The zero-order valence-corrected chi connectivity index (χ0v) is 12.9. The molecular formula is C14H20ClNO4. The third kappa shape index (κ3) is 4.02. The van der Waals surface area contributed by atoms with Crippen LogP contribution < -0.4 is 14.8 Å². The standard InChI is InChI=1S/C14H20ClNO4/c1-14(2,8-17)7-16-13(18)9-5-10(15)12(20-4)11(6-9)19-3/h5-6,17H,7-8H2,1-4H3,(H,16,18). The highest BCUT2D eigenvalue weighted by molar-refractivity contribution is 6.32. The van der Waals surface area contributed by atoms with E-state index in [1.807, 2.05) is 13.8 Å². The van der Waals surface area contributed by atoms with Crippen LogP contribution in [0.25, 0.3) is 0 Å². The summed E-state index contributed by atoms with van der Waals surface area (Å²) in [5.41, 5.74) is -0.00267. The van der Waals surface area contributed by atoms with E-state index < -0.39 is 0 Å². The summed E-state index contributed by atoms with van der Waals surface area (Å²) in [6.45, 7) is 4.05. The SMILES string of the molecule is COc1cc(C(=O)NCC(C)(C)CO)cc(Cl)c1OC. The lowest BCUT2D eigenvalue weighted by Crippen LogP contribution is -2.36. The normalized spacial score (nSPS) is 11.1. The van der Waals surface area contributed by atoms with Gasteiger partial charge < -0.3 is 19.9 Å². The predicted molar refractivity (Wildman–Crippen MR) is 77.8 cm³/mol. The Morgan fingerprint density at radius 3 is 2.50 bits per heavy atom. The molecule has 0 heterocycles. The molecule has 0 aliphatic rings. The van der Waals surface area contributed by atoms with Crippen LogP contribution in [0.5, 0.6) is 11.5 Å². The molecule has 0 bridgehead atoms. The molecule has 20 heavy (non-hydrogen) atoms. The number of hydrogen-bond acceptors (Lipinski definition) is 4. The number of rotatable bonds is 6. The highest BCUT2D eigenvalue weighted by atomic mass is 35.5. The first kappa shape index (κ1) is 16.6. The smallest absolute Gasteiger partial charge is 0.251 e. The van der Waals surface area contributed by atoms with Crippen LogP contribution in [0.15, 0.2) is 12.1 Å². The van der Waals surface area contributed by atoms with E-state index in [-0.39, 0.29) is 17.9 Å². The topological polar surface area (TPSA) is 67.8 Å². The fourth-order valence-electron chi connectivity index (χ4n) is 1.53. The van der Waals surface area contributed by atoms with E-state index in [4.69, 9.17) is 26.2 Å². The van der Waals surface area contributed by atoms with Gasteiger partial charge in [-0.1, -0.05) is 25.4 Å². The number of methoxy groups -OCH3 is 2. The highest BCUT2D eigenvalue weighted by Crippen LogP contribution is 2.35. The number of carbonyl (C=O) groups excluding carboxylic acids is 1. The van der Waals surface area contributed by atoms with Gasteiger partial charge in [-0.15, -0.1) is 0 Å². The molecule has 1 amide bonds. The molecule has 0 unspecified atom stereocenters. The van der Waals surface area contributed by atoms with Gasteiger partial charge in [-0.05, 0) is 12.1 Å². The average Bonchev–Trinajstić information content (AvgIpc) is 2.43. The highest BCUT2D eigenvalue weighted by Gasteiger charge is 2.19. The Morgan fingerprint density at radius 2 is 2.00 bits per heavy atom. The summed E-state index contributed by atoms with van der Waals surface area (Å²) in [4.78, 5) is 12.1. The zero-order valence-electron chi connectivity index (χ0n) is 12.1. The third-order valence-electron chi connectivity index (χ3n) is 2.85. The van der Waals surface area contributed by atoms with Crippen LogP contribution in [0.2, 0.25) is 5.02 Å². The molecule has 6 heteroatoms. The van der Waals surface area contributed by atoms with Gasteiger partial charge in [0.15, 0.2) is 11.5 Å². The van der Waals surface area contributed by atoms with Crippen LogP contribution in [0.4, 0.5) is 0 Å². The van der Waals surface area contributed by atoms with Gasteiger partial charge in [0.1, 0.15) is 0 Å². The van der Waals surface area contributed by atoms with Crippen LogP contribution in [0, 0.1) is 5.41 Å². The molecule has 0 spiro atoms. The second-order valence-corrected chi connectivity index (χ2v) is 5.61. The number of halogens is 1. The Morgan fingerprint density at radius 1 is 1.35 bits per heavy atom. The number of aliphatic hydroxyl groups is 1. The maximum Gasteiger partial charge on any atom is 0.251 e. The molecule has 0 radical (unpaired) electrons. The largest absolute Gasteiger partial charge is 0.493 e. The molecule has 1 rings (SSSR count). The van der Waals surface area contributed by atoms with Crippen molar-refractivity contribution in [1.82, 2.24) is 5.32 Å². The van der Waals surface area contributed by atoms with E-state index in [2.05, 4.69) is 5.32 Å². The molecule has 0 aromatic heterocycles. The Labute approximate surface area is 123 Å². The van der Waals surface area contributed by atoms with Crippen molar-refractivity contribution in [2.75, 3.05) is 27.4 Å². The van der Waals surface area contributed by atoms with Gasteiger partial charge in [-0.25, -0.2) is 0 Å². The number of amides is 1. The van der Waals surface area contributed by atoms with E-state index in [9.17, 15) is 4.79 Å². The van der Waals surface area contributed by atoms with Gasteiger partial charge in [0, 0.05) is 24.1 Å². The van der Waals surface area contributed by atoms with Gasteiger partial charge in [-0.2, -0.15) is 0 Å². The fourth-order valence-corrected chi connectivity index (χ4v) is 1.81. The van der Waals surface area contributed by atoms with E-state index >= 15 is 0 Å². The monoisotopic (exact) mass is 301 g/mol. The molecular weight excluding hydrogens is 282 g/mol. The van der Waals surface area contributed by atoms with Crippen molar-refractivity contribution < 1.29 is 19.4 Å². The Kier molecular flexibility index (Phi) is 5.65. The van der Waals surface area contributed by atoms with Crippen LogP contribution in [-0.4, -0.2) is 38.4 Å². The van der Waals surface area contributed by atoms with Crippen molar-refractivity contribution in [1.29, 1.82) is 0 Å². The van der Waals surface area contributed by atoms with E-state index in [1.165, 1.54) is 20.3 Å². The molecule has 0 aliphatic carbocycles. The van der Waals surface area contributed by atoms with E-state index in [0.717, 1.165) is 0 Å². The lowest BCUT2D eigenvalue weighted by Gasteiger charge is -2.22. The minimum atomic E-state index is -0.379. The lowest BCUT2D eigenvalue weighted by molar-refractivity contribution is 0.0910. The number of carbonyl (C=O) groups is 1. The van der Waals surface area contributed by atoms with Gasteiger partial charge in [0.05, 0.1) is 19.2 Å². The van der Waals surface area contributed by atoms with Crippen LogP contribution in [0.3, 0.4) is 0 Å². The number of ether oxygens (including phenoxy) is 2. The maximum absolute atomic E-state index is 12.1. The second kappa shape index (κ2) is 6.81. The molecule has 0 fully saturated rings. The maximum atomic E-state index is 12.1. The third-order valence-corrected chi connectivity index (χ3v) is 3.13. The minimum Gasteiger partial charge on any atom is -0.493 e. The van der Waals surface area contributed by atoms with Crippen molar-refractivity contribution in [3.8, 4) is 11.5 Å². The molecule has 0 saturated heterocycles. The van der Waals surface area contributed by atoms with Crippen molar-refractivity contribution in [3.63, 3.8) is 0 Å². The van der Waals surface area contributed by atoms with Crippen molar-refractivity contribution in [3.05, 3.63) is 22.7 Å². The van der Waals surface area contributed by atoms with E-state index in [1.54, 1.807) is 6.07 Å². The number of benzene rings is 1. The first-order chi connectivity index (χ1) is 9.34. The summed E-state index contributed by atoms with van der Waals surface area (Å²) in [5.74, 6) is 0.502. The fraction of sp³-hybridized carbons (Fsp3) is 0.500. The molecule has 0 saturated carbocycles. The Hall–Kier alpha value is -1.46. The summed E-state index contributed by atoms with van der Waals surface area (Å²) in [6, 6.07) is 3.08. The van der Waals surface area contributed by atoms with Crippen molar-refractivity contribution in [2.24, 2.45) is 5.41 Å². The number of nitrogens with one attached hydrogen (secondary N) is 1. The van der Waals surface area contributed by atoms with Crippen LogP contribution in [0.1, 0.15) is 24.2 Å². The number of hydrogen-bond donors (Lipinski definition) is 2. The first-order valence-electron chi connectivity index (χ1n) is 6.15. The summed E-state index contributed by atoms with van der Waals surface area (Å²) in [6.07, 6.45) is 0. The van der Waals surface area contributed by atoms with Gasteiger partial charge in [0.25, 0.3) is 5.91 Å². The van der Waals surface area contributed by atoms with Gasteiger partial charge in [0.2, 0.25) is 0 Å². The molecule has 2 N–H and O–H groups in total. The Balaban J connectivity index is 2.92. The molecule has 1 aromatic rings. The van der Waals surface area contributed by atoms with Gasteiger partial charge >= 0.3 is 0 Å². The minimum absolute atomic E-state index is 0.0139. The van der Waals surface area contributed by atoms with Crippen molar-refractivity contribution >= 4 is 17.5 Å². The molecule has 1 aromatic carbocycles. The molecule has 0 atom stereocenters. The summed E-state index contributed by atoms with van der Waals surface area (Å²) in [5, 5.41) is 12.2. The second-order valence-electron chi connectivity index (χ2n) is 5.20. The summed E-state index contributed by atoms with van der Waals surface area (Å²) < 4.78 is 10.3. The molecule has 5 nitrogen and oxygen atoms in total. The van der Waals surface area contributed by atoms with Crippen LogP contribution >= 0.6 is 11.6 Å². The van der Waals surface area contributed by atoms with Crippen molar-refractivity contribution in [2.45, 2.75) is 13.8 Å². The Bertz CT molecular complexity index is 488. The van der Waals surface area contributed by atoms with Crippen LogP contribution in [-0.2, 0) is 0 Å². The first-order valence-corrected chi connectivity index (χ1v) is 6.53. The average molecular weight is 302 g/mol. The zero-order chi connectivity index (χ0) is 15.3. The quantitative estimate of drug-likeness (QED) is 0.844. The molecule has 112 valence electrons. The summed E-state index contributed by atoms with van der Waals surface area (Å²) in [7, 11) is 2.96. The van der Waals surface area contributed by atoms with Gasteiger partial charge in [-0.3, -0.25) is 4.79 Å². The summed E-state index contributed by atoms with van der Waals surface area (Å²) >= 11 is 6.05. The van der Waals surface area contributed by atoms with E-state index in [0.29, 0.717) is 28.6 Å².